The molecule has 1 saturated heterocycles. The van der Waals surface area contributed by atoms with E-state index in [0.29, 0.717) is 6.04 Å². The molecule has 1 aromatic carbocycles. The Morgan fingerprint density at radius 1 is 1.15 bits per heavy atom. The van der Waals surface area contributed by atoms with Crippen molar-refractivity contribution in [1.82, 2.24) is 0 Å². The minimum Gasteiger partial charge on any atom is -0.382 e. The third kappa shape index (κ3) is 3.26. The van der Waals surface area contributed by atoms with Gasteiger partial charge in [0.05, 0.1) is 13.2 Å². The van der Waals surface area contributed by atoms with Crippen LogP contribution < -0.4 is 10.2 Å². The fourth-order valence-corrected chi connectivity index (χ4v) is 3.36. The van der Waals surface area contributed by atoms with E-state index in [4.69, 9.17) is 4.74 Å². The molecule has 0 unspecified atom stereocenters. The standard InChI is InChI=1S/C17H26N2O/c1-14-5-2-3-8-17(14)18-15-6-4-7-16(13-15)19-9-11-20-12-10-19/h4,6-7,13-14,17-18H,2-3,5,8-12H2,1H3/t14-,17-/m1/s1. The molecule has 3 rings (SSSR count). The van der Waals surface area contributed by atoms with Crippen molar-refractivity contribution in [3.05, 3.63) is 24.3 Å². The van der Waals surface area contributed by atoms with Crippen LogP contribution in [0.4, 0.5) is 11.4 Å². The summed E-state index contributed by atoms with van der Waals surface area (Å²) in [5, 5.41) is 3.75. The van der Waals surface area contributed by atoms with Crippen LogP contribution in [-0.4, -0.2) is 32.3 Å². The van der Waals surface area contributed by atoms with E-state index < -0.39 is 0 Å². The van der Waals surface area contributed by atoms with E-state index in [9.17, 15) is 0 Å². The van der Waals surface area contributed by atoms with Crippen molar-refractivity contribution in [3.8, 4) is 0 Å². The van der Waals surface area contributed by atoms with Gasteiger partial charge in [-0.25, -0.2) is 0 Å². The van der Waals surface area contributed by atoms with Crippen molar-refractivity contribution in [2.45, 2.75) is 38.6 Å². The molecule has 110 valence electrons. The molecule has 1 aliphatic heterocycles. The Balaban J connectivity index is 1.67. The van der Waals surface area contributed by atoms with E-state index in [2.05, 4.69) is 41.4 Å². The van der Waals surface area contributed by atoms with Crippen molar-refractivity contribution < 1.29 is 4.74 Å². The summed E-state index contributed by atoms with van der Waals surface area (Å²) in [5.74, 6) is 0.788. The normalized spacial score (nSPS) is 27.4. The van der Waals surface area contributed by atoms with Gasteiger partial charge < -0.3 is 15.0 Å². The molecule has 1 heterocycles. The molecule has 20 heavy (non-hydrogen) atoms. The first-order valence-electron chi connectivity index (χ1n) is 8.02. The molecule has 0 amide bonds. The summed E-state index contributed by atoms with van der Waals surface area (Å²) in [6.07, 6.45) is 5.43. The molecule has 3 nitrogen and oxygen atoms in total. The highest BCUT2D eigenvalue weighted by atomic mass is 16.5. The van der Waals surface area contributed by atoms with E-state index in [1.165, 1.54) is 37.1 Å². The number of nitrogens with zero attached hydrogens (tertiary/aromatic N) is 1. The molecule has 2 atom stereocenters. The Bertz CT molecular complexity index is 429. The molecule has 0 radical (unpaired) electrons. The smallest absolute Gasteiger partial charge is 0.0642 e. The van der Waals surface area contributed by atoms with Gasteiger partial charge in [-0.15, -0.1) is 0 Å². The van der Waals surface area contributed by atoms with Crippen LogP contribution in [0.3, 0.4) is 0 Å². The summed E-state index contributed by atoms with van der Waals surface area (Å²) >= 11 is 0. The van der Waals surface area contributed by atoms with Gasteiger partial charge in [0, 0.05) is 30.5 Å². The van der Waals surface area contributed by atoms with Gasteiger partial charge in [0.15, 0.2) is 0 Å². The first-order valence-corrected chi connectivity index (χ1v) is 8.02. The predicted octanol–water partition coefficient (Wildman–Crippen LogP) is 3.51. The lowest BCUT2D eigenvalue weighted by atomic mass is 9.86. The van der Waals surface area contributed by atoms with Gasteiger partial charge in [-0.2, -0.15) is 0 Å². The number of morpholine rings is 1. The van der Waals surface area contributed by atoms with Gasteiger partial charge in [0.2, 0.25) is 0 Å². The summed E-state index contributed by atoms with van der Waals surface area (Å²) in [6, 6.07) is 9.52. The van der Waals surface area contributed by atoms with Crippen LogP contribution >= 0.6 is 0 Å². The maximum absolute atomic E-state index is 5.43. The second-order valence-corrected chi connectivity index (χ2v) is 6.16. The molecule has 1 aromatic rings. The van der Waals surface area contributed by atoms with Crippen LogP contribution in [0.1, 0.15) is 32.6 Å². The van der Waals surface area contributed by atoms with Gasteiger partial charge in [-0.1, -0.05) is 25.8 Å². The minimum absolute atomic E-state index is 0.642. The molecule has 2 aliphatic rings. The van der Waals surface area contributed by atoms with Crippen molar-refractivity contribution in [3.63, 3.8) is 0 Å². The molecular formula is C17H26N2O. The van der Waals surface area contributed by atoms with Crippen LogP contribution in [-0.2, 0) is 4.74 Å². The maximum Gasteiger partial charge on any atom is 0.0642 e. The Kier molecular flexibility index (Phi) is 4.46. The van der Waals surface area contributed by atoms with Crippen LogP contribution in [0.5, 0.6) is 0 Å². The topological polar surface area (TPSA) is 24.5 Å². The Labute approximate surface area is 122 Å². The fraction of sp³-hybridized carbons (Fsp3) is 0.647. The Morgan fingerprint density at radius 3 is 2.75 bits per heavy atom. The molecule has 0 spiro atoms. The van der Waals surface area contributed by atoms with Gasteiger partial charge in [-0.05, 0) is 37.0 Å². The average molecular weight is 274 g/mol. The number of benzene rings is 1. The number of ether oxygens (including phenoxy) is 1. The van der Waals surface area contributed by atoms with E-state index in [1.807, 2.05) is 0 Å². The number of hydrogen-bond donors (Lipinski definition) is 1. The second-order valence-electron chi connectivity index (χ2n) is 6.16. The summed E-state index contributed by atoms with van der Waals surface area (Å²) in [6.45, 7) is 6.07. The molecule has 0 aromatic heterocycles. The summed E-state index contributed by atoms with van der Waals surface area (Å²) in [5.41, 5.74) is 2.59. The van der Waals surface area contributed by atoms with Crippen LogP contribution in [0, 0.1) is 5.92 Å². The second kappa shape index (κ2) is 6.49. The first-order chi connectivity index (χ1) is 9.83. The zero-order valence-electron chi connectivity index (χ0n) is 12.5. The lowest BCUT2D eigenvalue weighted by Crippen LogP contribution is -2.36. The van der Waals surface area contributed by atoms with E-state index >= 15 is 0 Å². The van der Waals surface area contributed by atoms with E-state index in [1.54, 1.807) is 0 Å². The first kappa shape index (κ1) is 13.7. The zero-order valence-corrected chi connectivity index (χ0v) is 12.5. The van der Waals surface area contributed by atoms with Gasteiger partial charge in [0.1, 0.15) is 0 Å². The summed E-state index contributed by atoms with van der Waals surface area (Å²) < 4.78 is 5.43. The average Bonchev–Trinajstić information content (AvgIpc) is 2.51. The number of hydrogen-bond acceptors (Lipinski definition) is 3. The molecule has 1 aliphatic carbocycles. The number of anilines is 2. The quantitative estimate of drug-likeness (QED) is 0.913. The van der Waals surface area contributed by atoms with Gasteiger partial charge in [0.25, 0.3) is 0 Å². The van der Waals surface area contributed by atoms with Crippen molar-refractivity contribution in [1.29, 1.82) is 0 Å². The summed E-state index contributed by atoms with van der Waals surface area (Å²) in [4.78, 5) is 2.42. The lowest BCUT2D eigenvalue weighted by molar-refractivity contribution is 0.122. The summed E-state index contributed by atoms with van der Waals surface area (Å²) in [7, 11) is 0. The molecule has 3 heteroatoms. The Morgan fingerprint density at radius 2 is 1.95 bits per heavy atom. The number of rotatable bonds is 3. The van der Waals surface area contributed by atoms with Crippen LogP contribution in [0.25, 0.3) is 0 Å². The molecular weight excluding hydrogens is 248 g/mol. The molecule has 1 saturated carbocycles. The maximum atomic E-state index is 5.43. The lowest BCUT2D eigenvalue weighted by Gasteiger charge is -2.32. The van der Waals surface area contributed by atoms with Crippen molar-refractivity contribution in [2.24, 2.45) is 5.92 Å². The third-order valence-electron chi connectivity index (χ3n) is 4.69. The Hall–Kier alpha value is -1.22. The largest absolute Gasteiger partial charge is 0.382 e. The monoisotopic (exact) mass is 274 g/mol. The van der Waals surface area contributed by atoms with E-state index in [-0.39, 0.29) is 0 Å². The van der Waals surface area contributed by atoms with Crippen molar-refractivity contribution in [2.75, 3.05) is 36.5 Å². The highest BCUT2D eigenvalue weighted by Crippen LogP contribution is 2.28. The highest BCUT2D eigenvalue weighted by molar-refractivity contribution is 5.58. The molecule has 2 fully saturated rings. The SMILES string of the molecule is C[C@@H]1CCCC[C@H]1Nc1cccc(N2CCOCC2)c1. The van der Waals surface area contributed by atoms with Crippen molar-refractivity contribution >= 4 is 11.4 Å². The highest BCUT2D eigenvalue weighted by Gasteiger charge is 2.21. The van der Waals surface area contributed by atoms with Gasteiger partial charge in [-0.3, -0.25) is 0 Å². The third-order valence-corrected chi connectivity index (χ3v) is 4.69. The van der Waals surface area contributed by atoms with Crippen LogP contribution in [0.15, 0.2) is 24.3 Å². The number of nitrogens with one attached hydrogen (secondary N) is 1. The molecule has 1 N–H and O–H groups in total. The molecule has 0 bridgehead atoms. The minimum atomic E-state index is 0.642. The van der Waals surface area contributed by atoms with Gasteiger partial charge >= 0.3 is 0 Å². The zero-order chi connectivity index (χ0) is 13.8. The fourth-order valence-electron chi connectivity index (χ4n) is 3.36. The predicted molar refractivity (Wildman–Crippen MR) is 84.5 cm³/mol. The van der Waals surface area contributed by atoms with E-state index in [0.717, 1.165) is 32.2 Å². The van der Waals surface area contributed by atoms with Crippen LogP contribution in [0.2, 0.25) is 0 Å².